The largest absolute Gasteiger partial charge is 0.479 e. The molecule has 0 fully saturated rings. The fraction of sp³-hybridized carbons (Fsp3) is 0.222. The molecule has 1 rings (SSSR count). The second kappa shape index (κ2) is 7.32. The fourth-order valence-corrected chi connectivity index (χ4v) is 0.638. The third-order valence-electron chi connectivity index (χ3n) is 1.19. The van der Waals surface area contributed by atoms with Crippen molar-refractivity contribution in [3.63, 3.8) is 0 Å². The number of aliphatic hydroxyl groups is 2. The van der Waals surface area contributed by atoms with Gasteiger partial charge >= 0.3 is 5.97 Å². The van der Waals surface area contributed by atoms with Crippen LogP contribution in [0.2, 0.25) is 5.02 Å². The maximum Gasteiger partial charge on any atom is 0.334 e. The van der Waals surface area contributed by atoms with Crippen LogP contribution in [0.3, 0.4) is 0 Å². The number of hydrogen-bond donors (Lipinski definition) is 3. The van der Waals surface area contributed by atoms with Gasteiger partial charge in [0, 0.05) is 5.02 Å². The number of aliphatic carboxylic acids is 1. The maximum atomic E-state index is 9.52. The van der Waals surface area contributed by atoms with Crippen LogP contribution in [0.4, 0.5) is 0 Å². The van der Waals surface area contributed by atoms with E-state index in [1.807, 2.05) is 30.3 Å². The molecule has 0 radical (unpaired) electrons. The van der Waals surface area contributed by atoms with Crippen molar-refractivity contribution in [2.45, 2.75) is 6.10 Å². The summed E-state index contributed by atoms with van der Waals surface area (Å²) in [7, 11) is 0. The second-order valence-corrected chi connectivity index (χ2v) is 2.77. The summed E-state index contributed by atoms with van der Waals surface area (Å²) in [5, 5.41) is 24.5. The molecule has 0 aliphatic carbocycles. The van der Waals surface area contributed by atoms with Gasteiger partial charge < -0.3 is 15.3 Å². The Kier molecular flexibility index (Phi) is 6.74. The summed E-state index contributed by atoms with van der Waals surface area (Å²) in [5.74, 6) is -1.40. The molecular weight excluding hydrogens is 208 g/mol. The third-order valence-corrected chi connectivity index (χ3v) is 1.44. The number of rotatable bonds is 2. The number of carboxylic acids is 1. The predicted molar refractivity (Wildman–Crippen MR) is 52.2 cm³/mol. The van der Waals surface area contributed by atoms with Gasteiger partial charge in [-0.3, -0.25) is 0 Å². The summed E-state index contributed by atoms with van der Waals surface area (Å²) in [5.41, 5.74) is 0. The average Bonchev–Trinajstić information content (AvgIpc) is 2.18. The molecule has 0 saturated carbocycles. The van der Waals surface area contributed by atoms with E-state index in [1.54, 1.807) is 0 Å². The number of hydrogen-bond acceptors (Lipinski definition) is 3. The zero-order valence-electron chi connectivity index (χ0n) is 7.30. The van der Waals surface area contributed by atoms with E-state index in [2.05, 4.69) is 0 Å². The quantitative estimate of drug-likeness (QED) is 0.685. The molecule has 0 aliphatic heterocycles. The van der Waals surface area contributed by atoms with Crippen LogP contribution >= 0.6 is 11.6 Å². The van der Waals surface area contributed by atoms with E-state index in [4.69, 9.17) is 26.9 Å². The lowest BCUT2D eigenvalue weighted by Gasteiger charge is -1.95. The molecule has 1 atom stereocenters. The van der Waals surface area contributed by atoms with Gasteiger partial charge in [-0.2, -0.15) is 0 Å². The van der Waals surface area contributed by atoms with E-state index in [1.165, 1.54) is 0 Å². The maximum absolute atomic E-state index is 9.52. The summed E-state index contributed by atoms with van der Waals surface area (Å²) in [6.45, 7) is -0.727. The number of aliphatic hydroxyl groups excluding tert-OH is 2. The second-order valence-electron chi connectivity index (χ2n) is 2.33. The highest BCUT2D eigenvalue weighted by molar-refractivity contribution is 6.30. The van der Waals surface area contributed by atoms with E-state index < -0.39 is 18.7 Å². The van der Waals surface area contributed by atoms with Crippen molar-refractivity contribution in [1.29, 1.82) is 0 Å². The number of halogens is 1. The monoisotopic (exact) mass is 218 g/mol. The average molecular weight is 219 g/mol. The van der Waals surface area contributed by atoms with E-state index in [-0.39, 0.29) is 0 Å². The van der Waals surface area contributed by atoms with Gasteiger partial charge in [0.1, 0.15) is 0 Å². The van der Waals surface area contributed by atoms with Gasteiger partial charge in [-0.25, -0.2) is 4.79 Å². The van der Waals surface area contributed by atoms with Gasteiger partial charge in [-0.1, -0.05) is 29.8 Å². The van der Waals surface area contributed by atoms with Crippen molar-refractivity contribution < 1.29 is 20.1 Å². The standard InChI is InChI=1S/C6H5Cl.C3H6O4/c7-6-4-2-1-3-5-6;4-1-2(5)3(6)7/h1-5H;2,4-5H,1H2,(H,6,7). The lowest BCUT2D eigenvalue weighted by Crippen LogP contribution is -2.22. The van der Waals surface area contributed by atoms with Gasteiger partial charge in [-0.05, 0) is 12.1 Å². The molecule has 3 N–H and O–H groups in total. The molecular formula is C9H11ClO4. The third kappa shape index (κ3) is 6.42. The lowest BCUT2D eigenvalue weighted by atomic mass is 10.4. The minimum absolute atomic E-state index is 0.727. The van der Waals surface area contributed by atoms with Gasteiger partial charge in [0.05, 0.1) is 6.61 Å². The smallest absolute Gasteiger partial charge is 0.334 e. The van der Waals surface area contributed by atoms with Crippen LogP contribution in [0, 0.1) is 0 Å². The van der Waals surface area contributed by atoms with Crippen molar-refractivity contribution >= 4 is 17.6 Å². The van der Waals surface area contributed by atoms with Crippen molar-refractivity contribution in [3.8, 4) is 0 Å². The Balaban J connectivity index is 0.000000241. The highest BCUT2D eigenvalue weighted by atomic mass is 35.5. The Morgan fingerprint density at radius 2 is 1.86 bits per heavy atom. The van der Waals surface area contributed by atoms with Gasteiger partial charge in [0.2, 0.25) is 0 Å². The summed E-state index contributed by atoms with van der Waals surface area (Å²) >= 11 is 5.54. The van der Waals surface area contributed by atoms with Crippen molar-refractivity contribution in [3.05, 3.63) is 35.4 Å². The summed E-state index contributed by atoms with van der Waals surface area (Å²) in [4.78, 5) is 9.52. The molecule has 5 heteroatoms. The first-order valence-corrected chi connectivity index (χ1v) is 4.18. The van der Waals surface area contributed by atoms with Crippen LogP contribution in [0.1, 0.15) is 0 Å². The molecule has 1 aromatic rings. The van der Waals surface area contributed by atoms with E-state index in [0.29, 0.717) is 0 Å². The first-order valence-electron chi connectivity index (χ1n) is 3.80. The Morgan fingerprint density at radius 3 is 2.00 bits per heavy atom. The van der Waals surface area contributed by atoms with Gasteiger partial charge in [-0.15, -0.1) is 0 Å². The van der Waals surface area contributed by atoms with Crippen molar-refractivity contribution in [2.24, 2.45) is 0 Å². The molecule has 4 nitrogen and oxygen atoms in total. The Bertz CT molecular complexity index is 263. The highest BCUT2D eigenvalue weighted by Crippen LogP contribution is 2.03. The minimum atomic E-state index is -1.63. The van der Waals surface area contributed by atoms with Crippen LogP contribution < -0.4 is 0 Å². The van der Waals surface area contributed by atoms with Crippen molar-refractivity contribution in [2.75, 3.05) is 6.61 Å². The molecule has 1 aromatic carbocycles. The molecule has 0 amide bonds. The molecule has 0 spiro atoms. The zero-order valence-corrected chi connectivity index (χ0v) is 8.05. The van der Waals surface area contributed by atoms with Crippen LogP contribution in [-0.2, 0) is 4.79 Å². The van der Waals surface area contributed by atoms with Crippen LogP contribution in [0.25, 0.3) is 0 Å². The normalized spacial score (nSPS) is 11.1. The van der Waals surface area contributed by atoms with Gasteiger partial charge in [0.15, 0.2) is 6.10 Å². The first kappa shape index (κ1) is 12.9. The number of carbonyl (C=O) groups is 1. The molecule has 1 unspecified atom stereocenters. The molecule has 0 saturated heterocycles. The molecule has 0 aromatic heterocycles. The molecule has 14 heavy (non-hydrogen) atoms. The molecule has 0 heterocycles. The zero-order chi connectivity index (χ0) is 11.0. The first-order chi connectivity index (χ1) is 6.57. The van der Waals surface area contributed by atoms with Crippen LogP contribution in [0.15, 0.2) is 30.3 Å². The molecule has 0 bridgehead atoms. The number of carboxylic acid groups (broad SMARTS) is 1. The SMILES string of the molecule is Clc1ccccc1.O=C(O)C(O)CO. The highest BCUT2D eigenvalue weighted by Gasteiger charge is 2.08. The van der Waals surface area contributed by atoms with Crippen molar-refractivity contribution in [1.82, 2.24) is 0 Å². The Hall–Kier alpha value is -1.10. The van der Waals surface area contributed by atoms with E-state index in [9.17, 15) is 4.79 Å². The fourth-order valence-electron chi connectivity index (χ4n) is 0.493. The summed E-state index contributed by atoms with van der Waals surface area (Å²) in [6.07, 6.45) is -1.63. The molecule has 0 aliphatic rings. The van der Waals surface area contributed by atoms with E-state index >= 15 is 0 Å². The summed E-state index contributed by atoms with van der Waals surface area (Å²) in [6, 6.07) is 9.44. The van der Waals surface area contributed by atoms with Crippen LogP contribution in [-0.4, -0.2) is 34.0 Å². The molecule has 78 valence electrons. The number of benzene rings is 1. The Labute approximate surface area is 86.4 Å². The lowest BCUT2D eigenvalue weighted by molar-refractivity contribution is -0.148. The topological polar surface area (TPSA) is 77.8 Å². The minimum Gasteiger partial charge on any atom is -0.479 e. The summed E-state index contributed by atoms with van der Waals surface area (Å²) < 4.78 is 0. The van der Waals surface area contributed by atoms with Gasteiger partial charge in [0.25, 0.3) is 0 Å². The Morgan fingerprint density at radius 1 is 1.36 bits per heavy atom. The van der Waals surface area contributed by atoms with E-state index in [0.717, 1.165) is 5.02 Å². The van der Waals surface area contributed by atoms with Crippen LogP contribution in [0.5, 0.6) is 0 Å². The predicted octanol–water partition coefficient (Wildman–Crippen LogP) is 0.764.